The quantitative estimate of drug-likeness (QED) is 0.549. The molecule has 2 aliphatic heterocycles. The summed E-state index contributed by atoms with van der Waals surface area (Å²) in [4.78, 5) is 49.3. The van der Waals surface area contributed by atoms with Crippen molar-refractivity contribution in [2.24, 2.45) is 0 Å². The maximum atomic E-state index is 12.3. The average Bonchev–Trinajstić information content (AvgIpc) is 3.18. The first-order valence-corrected chi connectivity index (χ1v) is 10.4. The van der Waals surface area contributed by atoms with Crippen LogP contribution in [0, 0.1) is 0 Å². The highest BCUT2D eigenvalue weighted by Gasteiger charge is 2.42. The van der Waals surface area contributed by atoms with Crippen LogP contribution in [0.1, 0.15) is 25.3 Å². The van der Waals surface area contributed by atoms with Crippen LogP contribution < -0.4 is 10.2 Å². The van der Waals surface area contributed by atoms with Crippen molar-refractivity contribution in [3.8, 4) is 0 Å². The normalized spacial score (nSPS) is 18.5. The van der Waals surface area contributed by atoms with Gasteiger partial charge in [0.15, 0.2) is 0 Å². The Morgan fingerprint density at radius 1 is 1.09 bits per heavy atom. The molecule has 2 fully saturated rings. The third kappa shape index (κ3) is 4.85. The number of ether oxygens (including phenoxy) is 1. The van der Waals surface area contributed by atoms with Gasteiger partial charge >= 0.3 is 24.1 Å². The number of halogens is 3. The number of fused-ring (bicyclic) bond motifs is 1. The molecule has 1 aromatic carbocycles. The van der Waals surface area contributed by atoms with Gasteiger partial charge < -0.3 is 9.30 Å². The van der Waals surface area contributed by atoms with E-state index < -0.39 is 30.7 Å². The smallest absolute Gasteiger partial charge is 0.385 e. The minimum Gasteiger partial charge on any atom is -0.385 e. The van der Waals surface area contributed by atoms with E-state index in [1.807, 2.05) is 30.5 Å². The first-order valence-electron chi connectivity index (χ1n) is 10.4. The third-order valence-electron chi connectivity index (χ3n) is 5.83. The minimum absolute atomic E-state index is 0.0820. The summed E-state index contributed by atoms with van der Waals surface area (Å²) in [7, 11) is 0. The van der Waals surface area contributed by atoms with Crippen LogP contribution in [0.2, 0.25) is 0 Å². The molecule has 0 spiro atoms. The van der Waals surface area contributed by atoms with Crippen molar-refractivity contribution in [3.63, 3.8) is 0 Å². The van der Waals surface area contributed by atoms with Crippen LogP contribution in [-0.2, 0) is 19.1 Å². The van der Waals surface area contributed by atoms with Crippen molar-refractivity contribution >= 4 is 40.5 Å². The number of nitrogens with one attached hydrogen (secondary N) is 1. The molecule has 3 heterocycles. The monoisotopic (exact) mass is 466 g/mol. The van der Waals surface area contributed by atoms with Gasteiger partial charge in [-0.3, -0.25) is 24.7 Å². The number of rotatable bonds is 4. The molecule has 0 radical (unpaired) electrons. The molecule has 9 nitrogen and oxygen atoms in total. The molecule has 4 rings (SSSR count). The highest BCUT2D eigenvalue weighted by atomic mass is 19.4. The van der Waals surface area contributed by atoms with Crippen molar-refractivity contribution in [2.45, 2.75) is 31.5 Å². The van der Waals surface area contributed by atoms with Crippen LogP contribution >= 0.6 is 0 Å². The van der Waals surface area contributed by atoms with Gasteiger partial charge in [0.05, 0.1) is 17.7 Å². The van der Waals surface area contributed by atoms with Crippen LogP contribution in [0.3, 0.4) is 0 Å². The van der Waals surface area contributed by atoms with Crippen molar-refractivity contribution in [3.05, 3.63) is 30.5 Å². The van der Waals surface area contributed by atoms with E-state index in [2.05, 4.69) is 14.6 Å². The maximum absolute atomic E-state index is 12.3. The standard InChI is InChI=1S/C21H21F3N4O5/c22-21(23,24)19(31)33-18(30)12-26-8-4-13(5-9-26)27-10-6-14-15(27)2-1-3-16(14)28-11-7-17(29)25-20(28)32/h1-3,6,10,13H,4-5,7-9,11-12H2,(H,25,29,32). The van der Waals surface area contributed by atoms with E-state index in [9.17, 15) is 32.3 Å². The zero-order chi connectivity index (χ0) is 23.8. The maximum Gasteiger partial charge on any atom is 0.491 e. The third-order valence-corrected chi connectivity index (χ3v) is 5.83. The summed E-state index contributed by atoms with van der Waals surface area (Å²) >= 11 is 0. The first kappa shape index (κ1) is 22.8. The summed E-state index contributed by atoms with van der Waals surface area (Å²) in [5, 5.41) is 3.18. The second-order valence-electron chi connectivity index (χ2n) is 7.95. The van der Waals surface area contributed by atoms with Gasteiger partial charge in [0.2, 0.25) is 5.91 Å². The summed E-state index contributed by atoms with van der Waals surface area (Å²) in [5.41, 5.74) is 1.61. The van der Waals surface area contributed by atoms with E-state index in [1.54, 1.807) is 4.90 Å². The fourth-order valence-corrected chi connectivity index (χ4v) is 4.25. The Balaban J connectivity index is 1.41. The van der Waals surface area contributed by atoms with E-state index in [0.717, 1.165) is 10.9 Å². The molecule has 2 aliphatic rings. The van der Waals surface area contributed by atoms with Crippen molar-refractivity contribution in [2.75, 3.05) is 31.1 Å². The van der Waals surface area contributed by atoms with Crippen molar-refractivity contribution in [1.82, 2.24) is 14.8 Å². The molecule has 3 amide bonds. The molecular weight excluding hydrogens is 445 g/mol. The lowest BCUT2D eigenvalue weighted by Crippen LogP contribution is -2.49. The second-order valence-corrected chi connectivity index (χ2v) is 7.95. The van der Waals surface area contributed by atoms with Gasteiger partial charge in [-0.2, -0.15) is 13.2 Å². The number of urea groups is 1. The zero-order valence-corrected chi connectivity index (χ0v) is 17.4. The summed E-state index contributed by atoms with van der Waals surface area (Å²) < 4.78 is 42.6. The molecule has 1 aromatic heterocycles. The molecule has 0 unspecified atom stereocenters. The number of anilines is 1. The van der Waals surface area contributed by atoms with Crippen LogP contribution in [0.25, 0.3) is 10.9 Å². The van der Waals surface area contributed by atoms with Crippen molar-refractivity contribution in [1.29, 1.82) is 0 Å². The second kappa shape index (κ2) is 8.85. The number of imide groups is 1. The number of alkyl halides is 3. The number of hydrogen-bond donors (Lipinski definition) is 1. The topological polar surface area (TPSA) is 101 Å². The number of amides is 3. The van der Waals surface area contributed by atoms with E-state index in [4.69, 9.17) is 0 Å². The number of nitrogens with zero attached hydrogens (tertiary/aromatic N) is 3. The Morgan fingerprint density at radius 3 is 2.48 bits per heavy atom. The summed E-state index contributed by atoms with van der Waals surface area (Å²) in [5.74, 6) is -4.05. The molecule has 0 aliphatic carbocycles. The number of esters is 2. The predicted molar refractivity (Wildman–Crippen MR) is 109 cm³/mol. The Bertz CT molecular complexity index is 1110. The summed E-state index contributed by atoms with van der Waals surface area (Å²) in [6.45, 7) is 0.778. The number of carbonyl (C=O) groups is 4. The molecule has 12 heteroatoms. The van der Waals surface area contributed by atoms with Gasteiger partial charge in [-0.05, 0) is 31.0 Å². The van der Waals surface area contributed by atoms with Gasteiger partial charge in [-0.25, -0.2) is 9.59 Å². The van der Waals surface area contributed by atoms with Crippen LogP contribution in [0.4, 0.5) is 23.7 Å². The minimum atomic E-state index is -5.21. The molecule has 1 N–H and O–H groups in total. The molecule has 33 heavy (non-hydrogen) atoms. The van der Waals surface area contributed by atoms with Gasteiger partial charge in [0.1, 0.15) is 0 Å². The Morgan fingerprint density at radius 2 is 1.82 bits per heavy atom. The average molecular weight is 466 g/mol. The Labute approximate surface area is 186 Å². The highest BCUT2D eigenvalue weighted by Crippen LogP contribution is 2.33. The van der Waals surface area contributed by atoms with Gasteiger partial charge in [-0.1, -0.05) is 6.07 Å². The fourth-order valence-electron chi connectivity index (χ4n) is 4.25. The van der Waals surface area contributed by atoms with E-state index in [-0.39, 0.29) is 18.4 Å². The van der Waals surface area contributed by atoms with E-state index in [1.165, 1.54) is 4.90 Å². The molecular formula is C21H21F3N4O5. The van der Waals surface area contributed by atoms with Gasteiger partial charge in [-0.15, -0.1) is 0 Å². The highest BCUT2D eigenvalue weighted by molar-refractivity contribution is 6.09. The molecule has 0 atom stereocenters. The van der Waals surface area contributed by atoms with Crippen LogP contribution in [0.15, 0.2) is 30.5 Å². The molecule has 2 aromatic rings. The predicted octanol–water partition coefficient (Wildman–Crippen LogP) is 2.36. The van der Waals surface area contributed by atoms with E-state index >= 15 is 0 Å². The lowest BCUT2D eigenvalue weighted by atomic mass is 10.0. The number of aromatic nitrogens is 1. The molecule has 0 bridgehead atoms. The van der Waals surface area contributed by atoms with Gasteiger partial charge in [0, 0.05) is 43.7 Å². The van der Waals surface area contributed by atoms with Crippen LogP contribution in [-0.4, -0.2) is 65.7 Å². The summed E-state index contributed by atoms with van der Waals surface area (Å²) in [6, 6.07) is 7.10. The molecule has 2 saturated heterocycles. The number of hydrogen-bond acceptors (Lipinski definition) is 6. The van der Waals surface area contributed by atoms with Crippen LogP contribution in [0.5, 0.6) is 0 Å². The first-order chi connectivity index (χ1) is 15.6. The molecule has 176 valence electrons. The van der Waals surface area contributed by atoms with Crippen molar-refractivity contribution < 1.29 is 37.1 Å². The number of benzene rings is 1. The van der Waals surface area contributed by atoms with Gasteiger partial charge in [0.25, 0.3) is 0 Å². The number of carbonyl (C=O) groups excluding carboxylic acids is 4. The lowest BCUT2D eigenvalue weighted by Gasteiger charge is -2.32. The molecule has 0 saturated carbocycles. The zero-order valence-electron chi connectivity index (χ0n) is 17.4. The summed E-state index contributed by atoms with van der Waals surface area (Å²) in [6.07, 6.45) is -1.81. The lowest BCUT2D eigenvalue weighted by molar-refractivity contribution is -0.202. The Hall–Kier alpha value is -3.41. The number of piperidine rings is 1. The SMILES string of the molecule is O=C1CCN(c2cccc3c2ccn3C2CCN(CC(=O)OC(=O)C(F)(F)F)CC2)C(=O)N1. The van der Waals surface area contributed by atoms with E-state index in [0.29, 0.717) is 38.2 Å². The fraction of sp³-hybridized carbons (Fsp3) is 0.429. The largest absolute Gasteiger partial charge is 0.491 e. The number of likely N-dealkylation sites (tertiary alicyclic amines) is 1. The Kier molecular flexibility index (Phi) is 6.11.